The van der Waals surface area contributed by atoms with Crippen LogP contribution in [0.5, 0.6) is 0 Å². The van der Waals surface area contributed by atoms with Crippen LogP contribution < -0.4 is 10.4 Å². The Morgan fingerprint density at radius 2 is 1.58 bits per heavy atom. The molecule has 0 radical (unpaired) electrons. The first-order valence-corrected chi connectivity index (χ1v) is 14.8. The molecule has 196 valence electrons. The standard InChI is InChI=1S/C30H43NO4Si/c1-8-9-20-30(23-32)21-24(22-31(30)27(33)34-28(2,3)4)35-36(29(5,6)7,25-16-12-10-13-17-25)26-18-14-11-15-19-26/h8,10-19,24,32H,1,9,20-23H2,2-7H3/t24-,30+/m1/s1. The number of rotatable bonds is 8. The number of aliphatic hydroxyl groups excluding tert-OH is 1. The van der Waals surface area contributed by atoms with Crippen molar-refractivity contribution >= 4 is 24.8 Å². The number of ether oxygens (including phenoxy) is 1. The molecule has 1 N–H and O–H groups in total. The Balaban J connectivity index is 2.09. The third-order valence-corrected chi connectivity index (χ3v) is 12.1. The average Bonchev–Trinajstić information content (AvgIpc) is 3.19. The molecule has 1 heterocycles. The summed E-state index contributed by atoms with van der Waals surface area (Å²) in [5.41, 5.74) is -1.39. The highest BCUT2D eigenvalue weighted by Gasteiger charge is 2.56. The third-order valence-electron chi connectivity index (χ3n) is 7.05. The summed E-state index contributed by atoms with van der Waals surface area (Å²) in [5, 5.41) is 12.8. The van der Waals surface area contributed by atoms with Crippen LogP contribution in [-0.4, -0.2) is 54.8 Å². The van der Waals surface area contributed by atoms with Gasteiger partial charge in [0.15, 0.2) is 0 Å². The van der Waals surface area contributed by atoms with Crippen molar-refractivity contribution in [2.75, 3.05) is 13.2 Å². The number of carbonyl (C=O) groups excluding carboxylic acids is 1. The molecule has 36 heavy (non-hydrogen) atoms. The molecule has 2 aromatic rings. The summed E-state index contributed by atoms with van der Waals surface area (Å²) in [6.45, 7) is 16.4. The van der Waals surface area contributed by atoms with Crippen LogP contribution in [0.4, 0.5) is 4.79 Å². The van der Waals surface area contributed by atoms with Crippen molar-refractivity contribution in [1.29, 1.82) is 0 Å². The van der Waals surface area contributed by atoms with Crippen LogP contribution in [0.25, 0.3) is 0 Å². The number of hydrogen-bond donors (Lipinski definition) is 1. The minimum atomic E-state index is -2.81. The zero-order valence-electron chi connectivity index (χ0n) is 22.8. The summed E-state index contributed by atoms with van der Waals surface area (Å²) in [6.07, 6.45) is 3.01. The molecular formula is C30H43NO4Si. The van der Waals surface area contributed by atoms with E-state index in [-0.39, 0.29) is 17.7 Å². The number of carbonyl (C=O) groups is 1. The van der Waals surface area contributed by atoms with Gasteiger partial charge in [-0.05, 0) is 55.4 Å². The highest BCUT2D eigenvalue weighted by atomic mass is 28.4. The first kappa shape index (κ1) is 28.2. The minimum Gasteiger partial charge on any atom is -0.444 e. The van der Waals surface area contributed by atoms with Gasteiger partial charge in [0.25, 0.3) is 8.32 Å². The summed E-state index contributed by atoms with van der Waals surface area (Å²) >= 11 is 0. The van der Waals surface area contributed by atoms with E-state index in [4.69, 9.17) is 9.16 Å². The van der Waals surface area contributed by atoms with Gasteiger partial charge in [-0.2, -0.15) is 0 Å². The van der Waals surface area contributed by atoms with Crippen molar-refractivity contribution in [3.63, 3.8) is 0 Å². The SMILES string of the molecule is C=CCC[C@@]1(CO)C[C@@H](O[Si](c2ccccc2)(c2ccccc2)C(C)(C)C)CN1C(=O)OC(C)(C)C. The molecule has 0 bridgehead atoms. The van der Waals surface area contributed by atoms with Gasteiger partial charge in [-0.1, -0.05) is 87.5 Å². The molecule has 2 aromatic carbocycles. The van der Waals surface area contributed by atoms with Gasteiger partial charge in [0.2, 0.25) is 0 Å². The van der Waals surface area contributed by atoms with Crippen molar-refractivity contribution in [3.05, 3.63) is 73.3 Å². The first-order valence-electron chi connectivity index (χ1n) is 12.9. The maximum atomic E-state index is 13.4. The van der Waals surface area contributed by atoms with E-state index in [1.807, 2.05) is 39.0 Å². The van der Waals surface area contributed by atoms with Crippen LogP contribution in [0, 0.1) is 0 Å². The Hall–Kier alpha value is -2.41. The van der Waals surface area contributed by atoms with E-state index in [1.165, 1.54) is 10.4 Å². The van der Waals surface area contributed by atoms with Gasteiger partial charge in [0, 0.05) is 6.54 Å². The van der Waals surface area contributed by atoms with Gasteiger partial charge in [-0.3, -0.25) is 4.90 Å². The summed E-state index contributed by atoms with van der Waals surface area (Å²) in [4.78, 5) is 15.1. The fourth-order valence-electron chi connectivity index (χ4n) is 5.44. The van der Waals surface area contributed by atoms with Gasteiger partial charge in [-0.25, -0.2) is 4.79 Å². The molecule has 1 saturated heterocycles. The van der Waals surface area contributed by atoms with Gasteiger partial charge in [0.1, 0.15) is 5.60 Å². The number of amides is 1. The Labute approximate surface area is 218 Å². The van der Waals surface area contributed by atoms with Gasteiger partial charge < -0.3 is 14.3 Å². The van der Waals surface area contributed by atoms with E-state index in [2.05, 4.69) is 75.9 Å². The summed E-state index contributed by atoms with van der Waals surface area (Å²) < 4.78 is 13.1. The number of hydrogen-bond acceptors (Lipinski definition) is 4. The maximum absolute atomic E-state index is 13.4. The van der Waals surface area contributed by atoms with Crippen LogP contribution in [0.3, 0.4) is 0 Å². The van der Waals surface area contributed by atoms with Gasteiger partial charge in [0.05, 0.1) is 18.2 Å². The fraction of sp³-hybridized carbons (Fsp3) is 0.500. The van der Waals surface area contributed by atoms with Crippen LogP contribution in [0.2, 0.25) is 5.04 Å². The van der Waals surface area contributed by atoms with Crippen molar-refractivity contribution in [3.8, 4) is 0 Å². The topological polar surface area (TPSA) is 59.0 Å². The Kier molecular flexibility index (Phi) is 8.54. The van der Waals surface area contributed by atoms with Gasteiger partial charge in [-0.15, -0.1) is 6.58 Å². The molecule has 1 aliphatic heterocycles. The molecular weight excluding hydrogens is 466 g/mol. The average molecular weight is 510 g/mol. The number of likely N-dealkylation sites (tertiary alicyclic amines) is 1. The Bertz CT molecular complexity index is 973. The highest BCUT2D eigenvalue weighted by molar-refractivity contribution is 6.99. The molecule has 0 aliphatic carbocycles. The van der Waals surface area contributed by atoms with Crippen LogP contribution >= 0.6 is 0 Å². The lowest BCUT2D eigenvalue weighted by Gasteiger charge is -2.44. The van der Waals surface area contributed by atoms with E-state index in [0.29, 0.717) is 25.8 Å². The predicted octanol–water partition coefficient (Wildman–Crippen LogP) is 5.27. The molecule has 1 fully saturated rings. The molecule has 2 atom stereocenters. The smallest absolute Gasteiger partial charge is 0.410 e. The Morgan fingerprint density at radius 3 is 2.00 bits per heavy atom. The van der Waals surface area contributed by atoms with Crippen LogP contribution in [0.1, 0.15) is 60.8 Å². The van der Waals surface area contributed by atoms with Crippen molar-refractivity contribution in [2.45, 2.75) is 83.1 Å². The number of nitrogens with zero attached hydrogens (tertiary/aromatic N) is 1. The summed E-state index contributed by atoms with van der Waals surface area (Å²) in [5.74, 6) is 0. The minimum absolute atomic E-state index is 0.152. The van der Waals surface area contributed by atoms with Gasteiger partial charge >= 0.3 is 6.09 Å². The number of aliphatic hydroxyl groups is 1. The fourth-order valence-corrected chi connectivity index (χ4v) is 10.1. The lowest BCUT2D eigenvalue weighted by atomic mass is 9.91. The molecule has 3 rings (SSSR count). The van der Waals surface area contributed by atoms with E-state index < -0.39 is 25.6 Å². The Morgan fingerprint density at radius 1 is 1.06 bits per heavy atom. The normalized spacial score (nSPS) is 20.9. The molecule has 0 unspecified atom stereocenters. The summed E-state index contributed by atoms with van der Waals surface area (Å²) in [6, 6.07) is 21.0. The van der Waals surface area contributed by atoms with E-state index >= 15 is 0 Å². The maximum Gasteiger partial charge on any atom is 0.410 e. The molecule has 0 spiro atoms. The first-order chi connectivity index (χ1) is 16.9. The number of allylic oxidation sites excluding steroid dienone is 1. The highest BCUT2D eigenvalue weighted by Crippen LogP contribution is 2.42. The second-order valence-corrected chi connectivity index (χ2v) is 16.2. The van der Waals surface area contributed by atoms with Crippen LogP contribution in [-0.2, 0) is 9.16 Å². The molecule has 0 saturated carbocycles. The van der Waals surface area contributed by atoms with Crippen molar-refractivity contribution < 1.29 is 19.1 Å². The second-order valence-electron chi connectivity index (χ2n) is 11.9. The summed E-state index contributed by atoms with van der Waals surface area (Å²) in [7, 11) is -2.81. The molecule has 1 amide bonds. The number of benzene rings is 2. The lowest BCUT2D eigenvalue weighted by Crippen LogP contribution is -2.67. The zero-order valence-corrected chi connectivity index (χ0v) is 23.8. The van der Waals surface area contributed by atoms with E-state index in [1.54, 1.807) is 4.90 Å². The molecule has 1 aliphatic rings. The molecule has 5 nitrogen and oxygen atoms in total. The lowest BCUT2D eigenvalue weighted by molar-refractivity contribution is -0.00675. The quantitative estimate of drug-likeness (QED) is 0.389. The van der Waals surface area contributed by atoms with Crippen molar-refractivity contribution in [2.24, 2.45) is 0 Å². The van der Waals surface area contributed by atoms with E-state index in [9.17, 15) is 9.90 Å². The molecule has 0 aromatic heterocycles. The largest absolute Gasteiger partial charge is 0.444 e. The third kappa shape index (κ3) is 5.77. The predicted molar refractivity (Wildman–Crippen MR) is 149 cm³/mol. The van der Waals surface area contributed by atoms with Crippen molar-refractivity contribution in [1.82, 2.24) is 4.90 Å². The zero-order chi connectivity index (χ0) is 26.6. The second kappa shape index (κ2) is 10.9. The van der Waals surface area contributed by atoms with Crippen LogP contribution in [0.15, 0.2) is 73.3 Å². The van der Waals surface area contributed by atoms with E-state index in [0.717, 1.165) is 0 Å². The monoisotopic (exact) mass is 509 g/mol. The molecule has 6 heteroatoms.